The summed E-state index contributed by atoms with van der Waals surface area (Å²) in [6, 6.07) is 9.02. The van der Waals surface area contributed by atoms with E-state index in [0.717, 1.165) is 6.07 Å². The molecule has 0 aliphatic heterocycles. The molecule has 2 N–H and O–H groups in total. The average molecular weight is 376 g/mol. The third kappa shape index (κ3) is 4.41. The number of halogens is 2. The van der Waals surface area contributed by atoms with Crippen LogP contribution in [-0.4, -0.2) is 27.6 Å². The summed E-state index contributed by atoms with van der Waals surface area (Å²) in [5.41, 5.74) is 0.648. The Kier molecular flexibility index (Phi) is 5.55. The number of aromatic nitrogens is 3. The Bertz CT molecular complexity index is 903. The van der Waals surface area contributed by atoms with Crippen molar-refractivity contribution in [1.29, 1.82) is 0 Å². The van der Waals surface area contributed by atoms with Gasteiger partial charge in [-0.15, -0.1) is 0 Å². The van der Waals surface area contributed by atoms with Gasteiger partial charge in [-0.05, 0) is 37.3 Å². The van der Waals surface area contributed by atoms with Crippen LogP contribution in [0.3, 0.4) is 0 Å². The molecule has 0 radical (unpaired) electrons. The van der Waals surface area contributed by atoms with Gasteiger partial charge < -0.3 is 9.84 Å². The summed E-state index contributed by atoms with van der Waals surface area (Å²) in [5.74, 6) is -0.337. The van der Waals surface area contributed by atoms with Gasteiger partial charge in [0, 0.05) is 11.2 Å². The lowest BCUT2D eigenvalue weighted by Gasteiger charge is -2.10. The molecule has 0 spiro atoms. The van der Waals surface area contributed by atoms with Crippen molar-refractivity contribution in [3.63, 3.8) is 0 Å². The molecule has 0 bridgehead atoms. The first-order valence-electron chi connectivity index (χ1n) is 7.76. The van der Waals surface area contributed by atoms with E-state index in [2.05, 4.69) is 25.8 Å². The van der Waals surface area contributed by atoms with Crippen LogP contribution in [0, 0.1) is 5.82 Å². The number of nitrogens with zero attached hydrogens (tertiary/aromatic N) is 3. The SMILES string of the molecule is C[C@H](NCC(=O)Nc1ccc(Cl)cc1F)c1nc(-c2ccccn2)no1. The molecule has 26 heavy (non-hydrogen) atoms. The topological polar surface area (TPSA) is 92.9 Å². The van der Waals surface area contributed by atoms with Gasteiger partial charge in [0.05, 0.1) is 18.3 Å². The van der Waals surface area contributed by atoms with Crippen LogP contribution in [-0.2, 0) is 4.79 Å². The molecule has 7 nitrogen and oxygen atoms in total. The zero-order chi connectivity index (χ0) is 18.5. The van der Waals surface area contributed by atoms with Crippen LogP contribution in [0.2, 0.25) is 5.02 Å². The third-order valence-electron chi connectivity index (χ3n) is 3.48. The lowest BCUT2D eigenvalue weighted by atomic mass is 10.3. The van der Waals surface area contributed by atoms with Gasteiger partial charge >= 0.3 is 0 Å². The molecule has 0 aliphatic rings. The van der Waals surface area contributed by atoms with E-state index < -0.39 is 11.7 Å². The van der Waals surface area contributed by atoms with Gasteiger partial charge in [-0.2, -0.15) is 4.98 Å². The molecule has 0 unspecified atom stereocenters. The van der Waals surface area contributed by atoms with Crippen LogP contribution in [0.4, 0.5) is 10.1 Å². The highest BCUT2D eigenvalue weighted by molar-refractivity contribution is 6.30. The van der Waals surface area contributed by atoms with Crippen molar-refractivity contribution >= 4 is 23.2 Å². The third-order valence-corrected chi connectivity index (χ3v) is 3.72. The monoisotopic (exact) mass is 375 g/mol. The van der Waals surface area contributed by atoms with Gasteiger partial charge in [0.1, 0.15) is 11.5 Å². The summed E-state index contributed by atoms with van der Waals surface area (Å²) in [7, 11) is 0. The first-order valence-corrected chi connectivity index (χ1v) is 8.14. The van der Waals surface area contributed by atoms with Crippen molar-refractivity contribution in [2.75, 3.05) is 11.9 Å². The Morgan fingerprint density at radius 3 is 2.92 bits per heavy atom. The Labute approximate surface area is 153 Å². The standard InChI is InChI=1S/C17H15ClFN5O2/c1-10(17-23-16(24-26-17)14-4-2-3-7-20-14)21-9-15(25)22-13-6-5-11(18)8-12(13)19/h2-8,10,21H,9H2,1H3,(H,22,25)/t10-/m0/s1. The van der Waals surface area contributed by atoms with Gasteiger partial charge in [0.25, 0.3) is 0 Å². The molecule has 1 atom stereocenters. The van der Waals surface area contributed by atoms with Gasteiger partial charge in [0.15, 0.2) is 0 Å². The number of rotatable bonds is 6. The van der Waals surface area contributed by atoms with Crippen molar-refractivity contribution in [1.82, 2.24) is 20.4 Å². The van der Waals surface area contributed by atoms with Crippen LogP contribution in [0.25, 0.3) is 11.5 Å². The lowest BCUT2D eigenvalue weighted by molar-refractivity contribution is -0.115. The van der Waals surface area contributed by atoms with E-state index in [1.54, 1.807) is 25.3 Å². The van der Waals surface area contributed by atoms with E-state index in [1.807, 2.05) is 6.07 Å². The van der Waals surface area contributed by atoms with Crippen molar-refractivity contribution in [3.8, 4) is 11.5 Å². The highest BCUT2D eigenvalue weighted by atomic mass is 35.5. The fourth-order valence-electron chi connectivity index (χ4n) is 2.13. The number of nitrogens with one attached hydrogen (secondary N) is 2. The van der Waals surface area contributed by atoms with Crippen LogP contribution >= 0.6 is 11.6 Å². The maximum Gasteiger partial charge on any atom is 0.243 e. The number of hydrogen-bond acceptors (Lipinski definition) is 6. The molecular weight excluding hydrogens is 361 g/mol. The molecule has 0 saturated heterocycles. The first kappa shape index (κ1) is 18.0. The molecule has 0 fully saturated rings. The number of carbonyl (C=O) groups excluding carboxylic acids is 1. The summed E-state index contributed by atoms with van der Waals surface area (Å²) in [4.78, 5) is 20.4. The van der Waals surface area contributed by atoms with Crippen molar-refractivity contribution in [3.05, 3.63) is 59.3 Å². The van der Waals surface area contributed by atoms with Crippen LogP contribution in [0.5, 0.6) is 0 Å². The van der Waals surface area contributed by atoms with E-state index in [4.69, 9.17) is 16.1 Å². The smallest absolute Gasteiger partial charge is 0.243 e. The molecule has 2 heterocycles. The number of benzene rings is 1. The second-order valence-electron chi connectivity index (χ2n) is 5.45. The number of hydrogen-bond donors (Lipinski definition) is 2. The van der Waals surface area contributed by atoms with Gasteiger partial charge in [0.2, 0.25) is 17.6 Å². The minimum absolute atomic E-state index is 0.0593. The summed E-state index contributed by atoms with van der Waals surface area (Å²) in [6.07, 6.45) is 1.63. The molecule has 1 amide bonds. The zero-order valence-corrected chi connectivity index (χ0v) is 14.5. The minimum Gasteiger partial charge on any atom is -0.337 e. The molecule has 2 aromatic heterocycles. The van der Waals surface area contributed by atoms with Crippen LogP contribution in [0.1, 0.15) is 18.9 Å². The first-order chi connectivity index (χ1) is 12.5. The van der Waals surface area contributed by atoms with E-state index in [1.165, 1.54) is 12.1 Å². The fourth-order valence-corrected chi connectivity index (χ4v) is 2.29. The van der Waals surface area contributed by atoms with E-state index >= 15 is 0 Å². The number of carbonyl (C=O) groups is 1. The normalized spacial score (nSPS) is 12.0. The Hall–Kier alpha value is -2.84. The van der Waals surface area contributed by atoms with Crippen LogP contribution < -0.4 is 10.6 Å². The second-order valence-corrected chi connectivity index (χ2v) is 5.88. The Balaban J connectivity index is 1.56. The second kappa shape index (κ2) is 8.03. The maximum atomic E-state index is 13.7. The van der Waals surface area contributed by atoms with Crippen molar-refractivity contribution in [2.45, 2.75) is 13.0 Å². The average Bonchev–Trinajstić information content (AvgIpc) is 3.13. The molecular formula is C17H15ClFN5O2. The zero-order valence-electron chi connectivity index (χ0n) is 13.7. The predicted molar refractivity (Wildman–Crippen MR) is 94.0 cm³/mol. The fraction of sp³-hybridized carbons (Fsp3) is 0.176. The Morgan fingerprint density at radius 2 is 2.19 bits per heavy atom. The largest absolute Gasteiger partial charge is 0.337 e. The van der Waals surface area contributed by atoms with Gasteiger partial charge in [-0.3, -0.25) is 15.1 Å². The van der Waals surface area contributed by atoms with E-state index in [0.29, 0.717) is 17.4 Å². The van der Waals surface area contributed by atoms with E-state index in [-0.39, 0.29) is 23.3 Å². The number of anilines is 1. The summed E-state index contributed by atoms with van der Waals surface area (Å²) in [5, 5.41) is 9.53. The molecule has 9 heteroatoms. The summed E-state index contributed by atoms with van der Waals surface area (Å²) < 4.78 is 18.9. The van der Waals surface area contributed by atoms with Gasteiger partial charge in [-0.1, -0.05) is 22.8 Å². The van der Waals surface area contributed by atoms with Crippen molar-refractivity contribution < 1.29 is 13.7 Å². The summed E-state index contributed by atoms with van der Waals surface area (Å²) >= 11 is 5.68. The predicted octanol–water partition coefficient (Wildman–Crippen LogP) is 3.21. The molecule has 3 aromatic rings. The highest BCUT2D eigenvalue weighted by Crippen LogP contribution is 2.19. The van der Waals surface area contributed by atoms with E-state index in [9.17, 15) is 9.18 Å². The molecule has 134 valence electrons. The summed E-state index contributed by atoms with van der Waals surface area (Å²) in [6.45, 7) is 1.70. The quantitative estimate of drug-likeness (QED) is 0.687. The lowest BCUT2D eigenvalue weighted by Crippen LogP contribution is -2.30. The molecule has 0 saturated carbocycles. The molecule has 0 aliphatic carbocycles. The molecule has 1 aromatic carbocycles. The Morgan fingerprint density at radius 1 is 1.35 bits per heavy atom. The number of pyridine rings is 1. The van der Waals surface area contributed by atoms with Crippen molar-refractivity contribution in [2.24, 2.45) is 0 Å². The highest BCUT2D eigenvalue weighted by Gasteiger charge is 2.17. The van der Waals surface area contributed by atoms with Gasteiger partial charge in [-0.25, -0.2) is 4.39 Å². The molecule has 3 rings (SSSR count). The minimum atomic E-state index is -0.601. The maximum absolute atomic E-state index is 13.7. The van der Waals surface area contributed by atoms with Crippen LogP contribution in [0.15, 0.2) is 47.1 Å². The number of amides is 1.